The Morgan fingerprint density at radius 1 is 0.513 bits per heavy atom. The number of nitrogens with zero attached hydrogens (tertiary/aromatic N) is 4. The van der Waals surface area contributed by atoms with Gasteiger partial charge < -0.3 is 68.9 Å². The van der Waals surface area contributed by atoms with E-state index in [0.29, 0.717) is 74.3 Å². The van der Waals surface area contributed by atoms with Crippen LogP contribution in [0.2, 0.25) is 0 Å². The lowest BCUT2D eigenvalue weighted by Crippen LogP contribution is -2.50. The fraction of sp³-hybridized carbons (Fsp3) is 0.711. The van der Waals surface area contributed by atoms with Crippen molar-refractivity contribution >= 4 is 45.8 Å². The highest BCUT2D eigenvalue weighted by Gasteiger charge is 2.60. The van der Waals surface area contributed by atoms with E-state index >= 15 is 0 Å². The summed E-state index contributed by atoms with van der Waals surface area (Å²) in [6, 6.07) is 29.0. The zero-order valence-electron chi connectivity index (χ0n) is 65.3. The van der Waals surface area contributed by atoms with E-state index < -0.39 is 70.0 Å². The third-order valence-corrected chi connectivity index (χ3v) is 26.8. The monoisotopic (exact) mass is 1610 g/mol. The van der Waals surface area contributed by atoms with Gasteiger partial charge in [-0.3, -0.25) is 33.0 Å². The second-order valence-electron chi connectivity index (χ2n) is 34.3. The van der Waals surface area contributed by atoms with Gasteiger partial charge in [-0.25, -0.2) is 0 Å². The Kier molecular flexibility index (Phi) is 28.2. The zero-order chi connectivity index (χ0) is 80.6. The third kappa shape index (κ3) is 22.5. The largest absolute Gasteiger partial charge is 0.481 e. The highest BCUT2D eigenvalue weighted by molar-refractivity contribution is 7.86. The number of ether oxygens (including phenoxy) is 6. The van der Waals surface area contributed by atoms with Gasteiger partial charge in [0, 0.05) is 87.8 Å². The predicted molar refractivity (Wildman–Crippen MR) is 403 cm³/mol. The maximum Gasteiger partial charge on any atom is 0.471 e. The van der Waals surface area contributed by atoms with Crippen LogP contribution in [-0.2, 0) is 71.5 Å². The maximum absolute atomic E-state index is 13.5. The number of nitrogens with one attached hydrogen (secondary N) is 2. The average Bonchev–Trinajstić information content (AvgIpc) is 1.60. The Balaban J connectivity index is 0.000000138. The molecule has 16 rings (SSSR count). The molecule has 7 saturated carbocycles. The van der Waals surface area contributed by atoms with Gasteiger partial charge in [-0.1, -0.05) is 91.0 Å². The number of alkyl halides is 6. The number of carbonyl (C=O) groups is 6. The molecule has 9 atom stereocenters. The molecule has 6 heterocycles. The minimum absolute atomic E-state index is 0.0133. The Bertz CT molecular complexity index is 3770. The SMILES string of the molecule is COC(=O)C1CC(CN2CCC3(CC2)CC(N(C(=O)C(F)(F)F)[C@@H]2C[C@H]2c2ccccc2)CO3)C1.COC(=O)C1CC(CO)C1.COC(=O)C1CC(COS(C)(=O)=O)C1.O=C(N(C1COC2(CCNCC2)C1)[C@@H]1C[C@H]1c1ccccc1)C(F)(F)F.O=C(O)C1CC(CN2CCC3(CC2)CC(N[C@@H]2C[C@H]2c2ccccc2)CO3)C1. The molecule has 0 radical (unpaired) electrons. The summed E-state index contributed by atoms with van der Waals surface area (Å²) in [6.45, 7) is 8.99. The van der Waals surface area contributed by atoms with E-state index in [4.69, 9.17) is 29.2 Å². The van der Waals surface area contributed by atoms with Crippen molar-refractivity contribution in [1.29, 1.82) is 0 Å². The number of rotatable bonds is 21. The van der Waals surface area contributed by atoms with Crippen molar-refractivity contribution in [3.8, 4) is 0 Å². The molecule has 3 unspecified atom stereocenters. The summed E-state index contributed by atoms with van der Waals surface area (Å²) in [6.07, 6.45) is 7.37. The quantitative estimate of drug-likeness (QED) is 0.0334. The summed E-state index contributed by atoms with van der Waals surface area (Å²) in [5, 5.41) is 24.7. The number of halogens is 6. The first kappa shape index (κ1) is 86.0. The number of benzene rings is 3. The number of amides is 2. The molecule has 0 aromatic heterocycles. The van der Waals surface area contributed by atoms with Crippen LogP contribution in [0.15, 0.2) is 91.0 Å². The molecule has 4 N–H and O–H groups in total. The van der Waals surface area contributed by atoms with E-state index in [1.54, 1.807) is 0 Å². The smallest absolute Gasteiger partial charge is 0.471 e. The maximum atomic E-state index is 13.5. The lowest BCUT2D eigenvalue weighted by Gasteiger charge is -2.42. The molecule has 113 heavy (non-hydrogen) atoms. The molecule has 6 saturated heterocycles. The Morgan fingerprint density at radius 3 is 1.27 bits per heavy atom. The number of hydrogen-bond donors (Lipinski definition) is 4. The molecule has 13 fully saturated rings. The van der Waals surface area contributed by atoms with Gasteiger partial charge in [0.2, 0.25) is 0 Å². The number of piperidine rings is 3. The Morgan fingerprint density at radius 2 is 0.885 bits per heavy atom. The third-order valence-electron chi connectivity index (χ3n) is 26.2. The van der Waals surface area contributed by atoms with E-state index in [1.165, 1.54) is 33.3 Å². The second kappa shape index (κ2) is 37.1. The van der Waals surface area contributed by atoms with Crippen LogP contribution in [0.5, 0.6) is 0 Å². The van der Waals surface area contributed by atoms with Gasteiger partial charge in [0.1, 0.15) is 0 Å². The molecule has 30 heteroatoms. The van der Waals surface area contributed by atoms with Crippen molar-refractivity contribution in [2.24, 2.45) is 47.3 Å². The van der Waals surface area contributed by atoms with Gasteiger partial charge in [-0.05, 0) is 182 Å². The summed E-state index contributed by atoms with van der Waals surface area (Å²) < 4.78 is 139. The number of hydrogen-bond acceptors (Lipinski definition) is 20. The molecule has 3 spiro atoms. The molecule has 626 valence electrons. The van der Waals surface area contributed by atoms with Gasteiger partial charge in [-0.2, -0.15) is 34.8 Å². The molecule has 23 nitrogen and oxygen atoms in total. The van der Waals surface area contributed by atoms with Crippen molar-refractivity contribution in [2.75, 3.05) is 113 Å². The van der Waals surface area contributed by atoms with Crippen LogP contribution in [-0.4, -0.2) is 252 Å². The van der Waals surface area contributed by atoms with E-state index in [-0.39, 0.29) is 97.0 Å². The fourth-order valence-electron chi connectivity index (χ4n) is 19.2. The number of carbonyl (C=O) groups excluding carboxylic acids is 5. The first-order valence-electron chi connectivity index (χ1n) is 40.6. The van der Waals surface area contributed by atoms with E-state index in [1.807, 2.05) is 60.7 Å². The van der Waals surface area contributed by atoms with E-state index in [9.17, 15) is 63.5 Å². The highest BCUT2D eigenvalue weighted by atomic mass is 32.2. The number of esters is 3. The van der Waals surface area contributed by atoms with Crippen molar-refractivity contribution in [1.82, 2.24) is 30.2 Å². The Hall–Kier alpha value is -6.35. The summed E-state index contributed by atoms with van der Waals surface area (Å²) in [7, 11) is 0.812. The zero-order valence-corrected chi connectivity index (χ0v) is 66.1. The van der Waals surface area contributed by atoms with Gasteiger partial charge in [0.15, 0.2) is 0 Å². The molecular formula is C83H114F6N6O17S. The number of aliphatic carboxylic acids is 1. The van der Waals surface area contributed by atoms with Crippen molar-refractivity contribution in [3.63, 3.8) is 0 Å². The minimum Gasteiger partial charge on any atom is -0.481 e. The number of methoxy groups -OCH3 is 3. The molecular weight excluding hydrogens is 1500 g/mol. The van der Waals surface area contributed by atoms with E-state index in [0.717, 1.165) is 170 Å². The van der Waals surface area contributed by atoms with Gasteiger partial charge in [0.25, 0.3) is 10.1 Å². The first-order chi connectivity index (χ1) is 53.9. The summed E-state index contributed by atoms with van der Waals surface area (Å²) >= 11 is 0. The lowest BCUT2D eigenvalue weighted by molar-refractivity contribution is -0.188. The van der Waals surface area contributed by atoms with Crippen molar-refractivity contribution in [2.45, 2.75) is 212 Å². The molecule has 13 aliphatic rings. The van der Waals surface area contributed by atoms with Crippen LogP contribution in [0.4, 0.5) is 26.3 Å². The Labute approximate surface area is 659 Å². The molecule has 0 bridgehead atoms. The standard InChI is InChI=1S/C26H33F3N2O4.C23H32N2O3.C19H23F3N2O2.C8H14O5S.C7H12O3/c1-34-23(32)19-11-17(12-19)15-30-9-7-25(8-10-30)14-20(16-35-25)31(24(33)26(27,28)29)22-13-21(22)18-5-3-2-4-6-18;26-22(27)18-10-16(11-18)14-25-8-6-23(7-9-25)13-19(15-28-23)24-21-12-20(21)17-4-2-1-3-5-17;20-19(21,22)17(25)24(16-10-15(16)13-4-2-1-3-5-13)14-11-18(26-12-14)6-8-23-9-7-18;1-12-8(9)7-3-6(4-7)5-13-14(2,10)11;1-10-7(9)6-2-5(3-6)4-8/h2-6,17,19-22H,7-16H2,1H3;1-5,16,18-21,24H,6-15H2,(H,26,27);1-5,14-16,23H,6-12H2;6-7H,3-5H2,1-2H3;5-6,8H,2-4H2,1H3/t17?,19?,20?,21-,22+;16?,18?,19?,20-,21+;14?,15-,16+;;/m000../s1. The van der Waals surface area contributed by atoms with Crippen molar-refractivity contribution in [3.05, 3.63) is 108 Å². The van der Waals surface area contributed by atoms with Gasteiger partial charge >= 0.3 is 48.0 Å². The molecule has 6 aliphatic heterocycles. The van der Waals surface area contributed by atoms with Crippen LogP contribution in [0, 0.1) is 47.3 Å². The van der Waals surface area contributed by atoms with Crippen LogP contribution in [0.25, 0.3) is 0 Å². The summed E-state index contributed by atoms with van der Waals surface area (Å²) in [5.74, 6) is -2.50. The lowest BCUT2D eigenvalue weighted by atomic mass is 9.74. The van der Waals surface area contributed by atoms with Crippen LogP contribution < -0.4 is 10.6 Å². The summed E-state index contributed by atoms with van der Waals surface area (Å²) in [4.78, 5) is 76.1. The van der Waals surface area contributed by atoms with Crippen LogP contribution in [0.3, 0.4) is 0 Å². The topological polar surface area (TPSA) is 279 Å². The minimum atomic E-state index is -4.90. The fourth-order valence-corrected chi connectivity index (χ4v) is 19.7. The number of carboxylic acid groups (broad SMARTS) is 1. The van der Waals surface area contributed by atoms with Gasteiger partial charge in [-0.15, -0.1) is 0 Å². The van der Waals surface area contributed by atoms with Crippen LogP contribution in [0.1, 0.15) is 163 Å². The number of likely N-dealkylation sites (tertiary alicyclic amines) is 2. The molecule has 7 aliphatic carbocycles. The highest BCUT2D eigenvalue weighted by Crippen LogP contribution is 2.52. The van der Waals surface area contributed by atoms with E-state index in [2.05, 4.69) is 64.4 Å². The normalized spacial score (nSPS) is 32.2. The first-order valence-corrected chi connectivity index (χ1v) is 42.4. The molecule has 3 aromatic rings. The number of carboxylic acids is 1. The number of aliphatic hydroxyl groups excluding tert-OH is 1. The summed E-state index contributed by atoms with van der Waals surface area (Å²) in [5.41, 5.74) is 2.67. The predicted octanol–water partition coefficient (Wildman–Crippen LogP) is 9.81. The van der Waals surface area contributed by atoms with Crippen LogP contribution >= 0.6 is 0 Å². The van der Waals surface area contributed by atoms with Crippen molar-refractivity contribution < 1.29 is 106 Å². The van der Waals surface area contributed by atoms with Gasteiger partial charge in [0.05, 0.1) is 107 Å². The molecule has 2 amide bonds. The second-order valence-corrected chi connectivity index (χ2v) is 35.9. The molecule has 3 aromatic carbocycles. The number of aliphatic hydroxyl groups is 1. The average molecular weight is 1610 g/mol.